The average molecular weight is 299 g/mol. The molecule has 2 aromatic rings. The van der Waals surface area contributed by atoms with Gasteiger partial charge in [0, 0.05) is 0 Å². The summed E-state index contributed by atoms with van der Waals surface area (Å²) in [6, 6.07) is 13.2. The molecule has 0 aromatic heterocycles. The molecule has 0 aliphatic carbocycles. The van der Waals surface area contributed by atoms with Gasteiger partial charge in [0.05, 0.1) is 12.8 Å². The van der Waals surface area contributed by atoms with Crippen LogP contribution in [0.1, 0.15) is 18.1 Å². The monoisotopic (exact) mass is 299 g/mol. The number of aryl methyl sites for hydroxylation is 2. The van der Waals surface area contributed by atoms with E-state index >= 15 is 0 Å². The van der Waals surface area contributed by atoms with Crippen molar-refractivity contribution in [3.63, 3.8) is 0 Å². The number of hydrogen-bond acceptors (Lipinski definition) is 3. The van der Waals surface area contributed by atoms with Crippen LogP contribution in [0.15, 0.2) is 42.5 Å². The van der Waals surface area contributed by atoms with E-state index in [-0.39, 0.29) is 5.91 Å². The highest BCUT2D eigenvalue weighted by atomic mass is 16.5. The molecular formula is C18H21NO3. The standard InChI is InChI=1S/C18H21NO3/c1-12-9-10-16(13(2)11-12)22-14(3)18(20)19-15-7-5-6-8-17(15)21-4/h5-11,14H,1-4H3,(H,19,20). The lowest BCUT2D eigenvalue weighted by atomic mass is 10.1. The molecule has 0 aliphatic rings. The van der Waals surface area contributed by atoms with E-state index in [0.29, 0.717) is 17.2 Å². The van der Waals surface area contributed by atoms with Crippen LogP contribution in [0.4, 0.5) is 5.69 Å². The minimum atomic E-state index is -0.605. The van der Waals surface area contributed by atoms with E-state index in [1.165, 1.54) is 0 Å². The van der Waals surface area contributed by atoms with E-state index in [1.807, 2.05) is 44.2 Å². The first kappa shape index (κ1) is 15.9. The third kappa shape index (κ3) is 3.79. The Labute approximate surface area is 131 Å². The number of nitrogens with one attached hydrogen (secondary N) is 1. The maximum atomic E-state index is 12.3. The number of ether oxygens (including phenoxy) is 2. The summed E-state index contributed by atoms with van der Waals surface area (Å²) in [5, 5.41) is 2.82. The van der Waals surface area contributed by atoms with Gasteiger partial charge in [0.25, 0.3) is 5.91 Å². The molecule has 2 rings (SSSR count). The second-order valence-corrected chi connectivity index (χ2v) is 5.22. The third-order valence-corrected chi connectivity index (χ3v) is 3.37. The Balaban J connectivity index is 2.06. The van der Waals surface area contributed by atoms with Crippen LogP contribution in [-0.4, -0.2) is 19.1 Å². The van der Waals surface area contributed by atoms with E-state index in [9.17, 15) is 4.79 Å². The molecule has 0 radical (unpaired) electrons. The van der Waals surface area contributed by atoms with Crippen LogP contribution >= 0.6 is 0 Å². The van der Waals surface area contributed by atoms with Crippen LogP contribution in [-0.2, 0) is 4.79 Å². The Hall–Kier alpha value is -2.49. The Kier molecular flexibility index (Phi) is 5.04. The summed E-state index contributed by atoms with van der Waals surface area (Å²) in [7, 11) is 1.57. The molecule has 0 spiro atoms. The molecule has 0 fully saturated rings. The average Bonchev–Trinajstić information content (AvgIpc) is 2.50. The van der Waals surface area contributed by atoms with Gasteiger partial charge in [0.15, 0.2) is 6.10 Å². The lowest BCUT2D eigenvalue weighted by Crippen LogP contribution is -2.30. The topological polar surface area (TPSA) is 47.6 Å². The highest BCUT2D eigenvalue weighted by Crippen LogP contribution is 2.24. The summed E-state index contributed by atoms with van der Waals surface area (Å²) in [5.74, 6) is 1.12. The third-order valence-electron chi connectivity index (χ3n) is 3.37. The van der Waals surface area contributed by atoms with Crippen molar-refractivity contribution in [3.05, 3.63) is 53.6 Å². The fraction of sp³-hybridized carbons (Fsp3) is 0.278. The number of carbonyl (C=O) groups excluding carboxylic acids is 1. The molecule has 1 amide bonds. The van der Waals surface area contributed by atoms with Crippen LogP contribution in [0.3, 0.4) is 0 Å². The van der Waals surface area contributed by atoms with Gasteiger partial charge in [-0.25, -0.2) is 0 Å². The van der Waals surface area contributed by atoms with Crippen LogP contribution in [0.5, 0.6) is 11.5 Å². The van der Waals surface area contributed by atoms with Crippen molar-refractivity contribution in [3.8, 4) is 11.5 Å². The number of rotatable bonds is 5. The Morgan fingerprint density at radius 3 is 2.50 bits per heavy atom. The highest BCUT2D eigenvalue weighted by molar-refractivity contribution is 5.95. The largest absolute Gasteiger partial charge is 0.495 e. The molecule has 0 saturated carbocycles. The molecule has 116 valence electrons. The van der Waals surface area contributed by atoms with Crippen LogP contribution < -0.4 is 14.8 Å². The number of carbonyl (C=O) groups is 1. The van der Waals surface area contributed by atoms with Gasteiger partial charge in [-0.05, 0) is 44.5 Å². The van der Waals surface area contributed by atoms with Crippen molar-refractivity contribution >= 4 is 11.6 Å². The maximum Gasteiger partial charge on any atom is 0.265 e. The molecule has 4 nitrogen and oxygen atoms in total. The summed E-state index contributed by atoms with van der Waals surface area (Å²) in [4.78, 5) is 12.3. The zero-order valence-corrected chi connectivity index (χ0v) is 13.3. The first-order valence-electron chi connectivity index (χ1n) is 7.19. The molecule has 0 saturated heterocycles. The Morgan fingerprint density at radius 1 is 1.09 bits per heavy atom. The van der Waals surface area contributed by atoms with Crippen LogP contribution in [0.2, 0.25) is 0 Å². The molecule has 1 N–H and O–H groups in total. The lowest BCUT2D eigenvalue weighted by Gasteiger charge is -2.17. The quantitative estimate of drug-likeness (QED) is 0.915. The van der Waals surface area contributed by atoms with Gasteiger partial charge in [0.1, 0.15) is 11.5 Å². The maximum absolute atomic E-state index is 12.3. The molecule has 0 bridgehead atoms. The predicted molar refractivity (Wildman–Crippen MR) is 87.6 cm³/mol. The van der Waals surface area contributed by atoms with Crippen molar-refractivity contribution in [2.24, 2.45) is 0 Å². The van der Waals surface area contributed by atoms with Crippen molar-refractivity contribution in [1.29, 1.82) is 0 Å². The summed E-state index contributed by atoms with van der Waals surface area (Å²) in [6.45, 7) is 5.71. The van der Waals surface area contributed by atoms with E-state index in [2.05, 4.69) is 5.32 Å². The lowest BCUT2D eigenvalue weighted by molar-refractivity contribution is -0.122. The number of methoxy groups -OCH3 is 1. The van der Waals surface area contributed by atoms with E-state index < -0.39 is 6.10 Å². The summed E-state index contributed by atoms with van der Waals surface area (Å²) < 4.78 is 11.0. The molecule has 22 heavy (non-hydrogen) atoms. The number of amides is 1. The summed E-state index contributed by atoms with van der Waals surface area (Å²) in [6.07, 6.45) is -0.605. The van der Waals surface area contributed by atoms with Crippen molar-refractivity contribution in [2.75, 3.05) is 12.4 Å². The van der Waals surface area contributed by atoms with Gasteiger partial charge >= 0.3 is 0 Å². The number of para-hydroxylation sites is 2. The molecule has 4 heteroatoms. The minimum absolute atomic E-state index is 0.218. The normalized spacial score (nSPS) is 11.6. The van der Waals surface area contributed by atoms with E-state index in [0.717, 1.165) is 11.1 Å². The van der Waals surface area contributed by atoms with Crippen molar-refractivity contribution < 1.29 is 14.3 Å². The fourth-order valence-corrected chi connectivity index (χ4v) is 2.16. The van der Waals surface area contributed by atoms with Gasteiger partial charge < -0.3 is 14.8 Å². The highest BCUT2D eigenvalue weighted by Gasteiger charge is 2.17. The zero-order valence-electron chi connectivity index (χ0n) is 13.3. The second kappa shape index (κ2) is 6.98. The van der Waals surface area contributed by atoms with Crippen molar-refractivity contribution in [1.82, 2.24) is 0 Å². The summed E-state index contributed by atoms with van der Waals surface area (Å²) >= 11 is 0. The number of benzene rings is 2. The molecule has 0 aliphatic heterocycles. The van der Waals surface area contributed by atoms with Crippen LogP contribution in [0, 0.1) is 13.8 Å². The Morgan fingerprint density at radius 2 is 1.82 bits per heavy atom. The molecule has 1 atom stereocenters. The smallest absolute Gasteiger partial charge is 0.265 e. The molecular weight excluding hydrogens is 278 g/mol. The van der Waals surface area contributed by atoms with Crippen LogP contribution in [0.25, 0.3) is 0 Å². The minimum Gasteiger partial charge on any atom is -0.495 e. The molecule has 1 unspecified atom stereocenters. The molecule has 2 aromatic carbocycles. The van der Waals surface area contributed by atoms with Gasteiger partial charge in [-0.15, -0.1) is 0 Å². The van der Waals surface area contributed by atoms with E-state index in [4.69, 9.17) is 9.47 Å². The van der Waals surface area contributed by atoms with Gasteiger partial charge in [-0.1, -0.05) is 29.8 Å². The SMILES string of the molecule is COc1ccccc1NC(=O)C(C)Oc1ccc(C)cc1C. The molecule has 0 heterocycles. The second-order valence-electron chi connectivity index (χ2n) is 5.22. The van der Waals surface area contributed by atoms with Gasteiger partial charge in [-0.3, -0.25) is 4.79 Å². The first-order valence-corrected chi connectivity index (χ1v) is 7.19. The zero-order chi connectivity index (χ0) is 16.1. The number of hydrogen-bond donors (Lipinski definition) is 1. The Bertz CT molecular complexity index is 667. The predicted octanol–water partition coefficient (Wildman–Crippen LogP) is 3.72. The van der Waals surface area contributed by atoms with Gasteiger partial charge in [-0.2, -0.15) is 0 Å². The van der Waals surface area contributed by atoms with E-state index in [1.54, 1.807) is 26.2 Å². The summed E-state index contributed by atoms with van der Waals surface area (Å²) in [5.41, 5.74) is 2.80. The first-order chi connectivity index (χ1) is 10.5. The van der Waals surface area contributed by atoms with Crippen molar-refractivity contribution in [2.45, 2.75) is 26.9 Å². The number of anilines is 1. The van der Waals surface area contributed by atoms with Gasteiger partial charge in [0.2, 0.25) is 0 Å². The fourth-order valence-electron chi connectivity index (χ4n) is 2.16.